The van der Waals surface area contributed by atoms with Crippen LogP contribution in [0.3, 0.4) is 0 Å². The van der Waals surface area contributed by atoms with Crippen LogP contribution in [0, 0.1) is 23.7 Å². The van der Waals surface area contributed by atoms with Crippen molar-refractivity contribution in [3.63, 3.8) is 0 Å². The second kappa shape index (κ2) is 13.3. The minimum Gasteiger partial charge on any atom is -0.303 e. The summed E-state index contributed by atoms with van der Waals surface area (Å²) in [5, 5.41) is 0. The molecule has 0 saturated carbocycles. The van der Waals surface area contributed by atoms with E-state index in [0.717, 1.165) is 30.5 Å². The van der Waals surface area contributed by atoms with Gasteiger partial charge in [0.15, 0.2) is 0 Å². The molecular weight excluding hydrogens is 256 g/mol. The van der Waals surface area contributed by atoms with Gasteiger partial charge in [0.05, 0.1) is 0 Å². The van der Waals surface area contributed by atoms with E-state index in [9.17, 15) is 4.79 Å². The average molecular weight is 297 g/mol. The molecule has 0 aliphatic carbocycles. The number of hydrogen-bond donors (Lipinski definition) is 0. The van der Waals surface area contributed by atoms with Crippen molar-refractivity contribution in [3.8, 4) is 0 Å². The van der Waals surface area contributed by atoms with Crippen molar-refractivity contribution < 1.29 is 4.79 Å². The van der Waals surface area contributed by atoms with Gasteiger partial charge in [-0.3, -0.25) is 0 Å². The maximum absolute atomic E-state index is 10.4. The summed E-state index contributed by atoms with van der Waals surface area (Å²) in [6.07, 6.45) is 14.0. The first kappa shape index (κ1) is 20.7. The van der Waals surface area contributed by atoms with Gasteiger partial charge < -0.3 is 4.79 Å². The topological polar surface area (TPSA) is 17.1 Å². The zero-order chi connectivity index (χ0) is 16.1. The van der Waals surface area contributed by atoms with E-state index in [2.05, 4.69) is 34.6 Å². The predicted molar refractivity (Wildman–Crippen MR) is 94.6 cm³/mol. The second-order valence-electron chi connectivity index (χ2n) is 7.90. The third-order valence-corrected chi connectivity index (χ3v) is 4.76. The van der Waals surface area contributed by atoms with Crippen LogP contribution >= 0.6 is 0 Å². The molecule has 0 spiro atoms. The van der Waals surface area contributed by atoms with E-state index >= 15 is 0 Å². The maximum Gasteiger partial charge on any atom is 0.120 e. The molecule has 0 aliphatic heterocycles. The summed E-state index contributed by atoms with van der Waals surface area (Å²) in [6, 6.07) is 0. The molecule has 126 valence electrons. The Kier molecular flexibility index (Phi) is 13.1. The van der Waals surface area contributed by atoms with Crippen LogP contribution in [0.4, 0.5) is 0 Å². The molecule has 0 unspecified atom stereocenters. The summed E-state index contributed by atoms with van der Waals surface area (Å²) in [5.41, 5.74) is 0. The van der Waals surface area contributed by atoms with Gasteiger partial charge in [-0.05, 0) is 23.7 Å². The van der Waals surface area contributed by atoms with Crippen molar-refractivity contribution in [2.24, 2.45) is 23.7 Å². The van der Waals surface area contributed by atoms with Gasteiger partial charge in [-0.15, -0.1) is 0 Å². The first-order valence-corrected chi connectivity index (χ1v) is 9.39. The molecule has 0 heterocycles. The zero-order valence-electron chi connectivity index (χ0n) is 15.4. The average Bonchev–Trinajstić information content (AvgIpc) is 2.38. The molecule has 1 nitrogen and oxygen atoms in total. The normalized spacial score (nSPS) is 15.9. The molecule has 0 amide bonds. The summed E-state index contributed by atoms with van der Waals surface area (Å²) in [5.74, 6) is 3.20. The molecule has 3 atom stereocenters. The van der Waals surface area contributed by atoms with E-state index in [1.54, 1.807) is 0 Å². The molecule has 0 aromatic rings. The molecule has 0 aromatic heterocycles. The molecule has 0 bridgehead atoms. The van der Waals surface area contributed by atoms with Crippen molar-refractivity contribution in [2.75, 3.05) is 0 Å². The number of hydrogen-bond acceptors (Lipinski definition) is 1. The van der Waals surface area contributed by atoms with Gasteiger partial charge in [-0.1, -0.05) is 92.4 Å². The second-order valence-corrected chi connectivity index (χ2v) is 7.90. The van der Waals surface area contributed by atoms with Crippen LogP contribution in [0.15, 0.2) is 0 Å². The van der Waals surface area contributed by atoms with Gasteiger partial charge in [-0.25, -0.2) is 0 Å². The van der Waals surface area contributed by atoms with Crippen LogP contribution in [-0.2, 0) is 4.79 Å². The lowest BCUT2D eigenvalue weighted by atomic mass is 9.91. The summed E-state index contributed by atoms with van der Waals surface area (Å²) >= 11 is 0. The van der Waals surface area contributed by atoms with Crippen LogP contribution in [0.2, 0.25) is 0 Å². The third-order valence-electron chi connectivity index (χ3n) is 4.76. The van der Waals surface area contributed by atoms with E-state index in [0.29, 0.717) is 5.92 Å². The van der Waals surface area contributed by atoms with Crippen LogP contribution in [-0.4, -0.2) is 6.29 Å². The molecule has 0 saturated heterocycles. The van der Waals surface area contributed by atoms with Gasteiger partial charge in [0.2, 0.25) is 0 Å². The number of rotatable bonds is 14. The van der Waals surface area contributed by atoms with Crippen LogP contribution in [0.5, 0.6) is 0 Å². The van der Waals surface area contributed by atoms with Crippen molar-refractivity contribution in [3.05, 3.63) is 0 Å². The third kappa shape index (κ3) is 14.4. The fraction of sp³-hybridized carbons (Fsp3) is 0.950. The number of carbonyl (C=O) groups excluding carboxylic acids is 1. The summed E-state index contributed by atoms with van der Waals surface area (Å²) in [4.78, 5) is 10.4. The van der Waals surface area contributed by atoms with Gasteiger partial charge in [-0.2, -0.15) is 0 Å². The van der Waals surface area contributed by atoms with Gasteiger partial charge >= 0.3 is 0 Å². The Bertz CT molecular complexity index is 234. The molecule has 0 fully saturated rings. The highest BCUT2D eigenvalue weighted by molar-refractivity contribution is 5.49. The Morgan fingerprint density at radius 3 is 1.38 bits per heavy atom. The maximum atomic E-state index is 10.4. The Hall–Kier alpha value is -0.330. The molecule has 0 aromatic carbocycles. The summed E-state index contributed by atoms with van der Waals surface area (Å²) < 4.78 is 0. The Morgan fingerprint density at radius 2 is 1.00 bits per heavy atom. The highest BCUT2D eigenvalue weighted by atomic mass is 16.1. The summed E-state index contributed by atoms with van der Waals surface area (Å²) in [6.45, 7) is 11.7. The smallest absolute Gasteiger partial charge is 0.120 e. The van der Waals surface area contributed by atoms with E-state index in [-0.39, 0.29) is 0 Å². The largest absolute Gasteiger partial charge is 0.303 e. The highest BCUT2D eigenvalue weighted by Gasteiger charge is 2.07. The van der Waals surface area contributed by atoms with Crippen LogP contribution in [0.25, 0.3) is 0 Å². The molecule has 1 heteroatoms. The predicted octanol–water partition coefficient (Wildman–Crippen LogP) is 6.65. The molecule has 0 N–H and O–H groups in total. The molecule has 0 radical (unpaired) electrons. The molecular formula is C20H40O. The van der Waals surface area contributed by atoms with Gasteiger partial charge in [0.25, 0.3) is 0 Å². The minimum absolute atomic E-state index is 0.579. The Labute approximate surface area is 134 Å². The monoisotopic (exact) mass is 296 g/mol. The number of carbonyl (C=O) groups is 1. The van der Waals surface area contributed by atoms with E-state index in [1.165, 1.54) is 57.8 Å². The molecule has 0 aliphatic rings. The Morgan fingerprint density at radius 1 is 0.619 bits per heavy atom. The van der Waals surface area contributed by atoms with Crippen LogP contribution < -0.4 is 0 Å². The van der Waals surface area contributed by atoms with Crippen molar-refractivity contribution in [1.29, 1.82) is 0 Å². The minimum atomic E-state index is 0.579. The quantitative estimate of drug-likeness (QED) is 0.328. The first-order chi connectivity index (χ1) is 9.95. The molecule has 0 rings (SSSR count). The lowest BCUT2D eigenvalue weighted by Gasteiger charge is -2.15. The van der Waals surface area contributed by atoms with E-state index in [1.807, 2.05) is 0 Å². The molecule has 21 heavy (non-hydrogen) atoms. The van der Waals surface area contributed by atoms with Crippen molar-refractivity contribution in [2.45, 2.75) is 98.8 Å². The lowest BCUT2D eigenvalue weighted by molar-refractivity contribution is -0.108. The van der Waals surface area contributed by atoms with Gasteiger partial charge in [0, 0.05) is 6.42 Å². The lowest BCUT2D eigenvalue weighted by Crippen LogP contribution is -2.01. The SMILES string of the molecule is CC(C)CCC[C@H](C)CCC[C@@H](C)CCC[C@H](C)CC=O. The Balaban J connectivity index is 3.47. The number of aldehydes is 1. The fourth-order valence-electron chi connectivity index (χ4n) is 3.07. The fourth-order valence-corrected chi connectivity index (χ4v) is 3.07. The van der Waals surface area contributed by atoms with Crippen LogP contribution in [0.1, 0.15) is 98.8 Å². The van der Waals surface area contributed by atoms with Crippen molar-refractivity contribution in [1.82, 2.24) is 0 Å². The summed E-state index contributed by atoms with van der Waals surface area (Å²) in [7, 11) is 0. The first-order valence-electron chi connectivity index (χ1n) is 9.39. The highest BCUT2D eigenvalue weighted by Crippen LogP contribution is 2.22. The van der Waals surface area contributed by atoms with E-state index in [4.69, 9.17) is 0 Å². The standard InChI is InChI=1S/C20H40O/c1-17(2)9-6-10-18(3)11-7-12-19(4)13-8-14-20(5)15-16-21/h16-20H,6-15H2,1-5H3/t18-,19+,20-/m0/s1. The van der Waals surface area contributed by atoms with Crippen molar-refractivity contribution >= 4 is 6.29 Å². The van der Waals surface area contributed by atoms with Gasteiger partial charge in [0.1, 0.15) is 6.29 Å². The zero-order valence-corrected chi connectivity index (χ0v) is 15.4. The van der Waals surface area contributed by atoms with E-state index < -0.39 is 0 Å².